The zero-order valence-electron chi connectivity index (χ0n) is 13.3. The summed E-state index contributed by atoms with van der Waals surface area (Å²) >= 11 is 0. The van der Waals surface area contributed by atoms with Gasteiger partial charge in [0.05, 0.1) is 16.6 Å². The number of amides is 1. The van der Waals surface area contributed by atoms with Gasteiger partial charge in [0.15, 0.2) is 0 Å². The fraction of sp³-hybridized carbons (Fsp3) is 0.167. The van der Waals surface area contributed by atoms with Crippen LogP contribution in [0.4, 0.5) is 4.39 Å². The van der Waals surface area contributed by atoms with E-state index in [1.807, 2.05) is 12.1 Å². The largest absolute Gasteiger partial charge is 0.345 e. The van der Waals surface area contributed by atoms with Crippen LogP contribution in [0.15, 0.2) is 47.3 Å². The molecule has 0 saturated heterocycles. The normalized spacial score (nSPS) is 10.8. The van der Waals surface area contributed by atoms with Crippen molar-refractivity contribution in [1.82, 2.24) is 15.1 Å². The Labute approximate surface area is 137 Å². The number of fused-ring (bicyclic) bond motifs is 1. The van der Waals surface area contributed by atoms with Crippen LogP contribution in [0.3, 0.4) is 0 Å². The molecular weight excluding hydrogens is 309 g/mol. The third-order valence-electron chi connectivity index (χ3n) is 3.81. The van der Waals surface area contributed by atoms with Crippen molar-refractivity contribution in [3.8, 4) is 0 Å². The van der Waals surface area contributed by atoms with E-state index in [2.05, 4.69) is 10.2 Å². The summed E-state index contributed by atoms with van der Waals surface area (Å²) in [7, 11) is 3.15. The van der Waals surface area contributed by atoms with Gasteiger partial charge in [-0.25, -0.2) is 9.49 Å². The van der Waals surface area contributed by atoms with Crippen molar-refractivity contribution in [3.05, 3.63) is 75.5 Å². The molecular formula is C18H16FN3O2. The van der Waals surface area contributed by atoms with Crippen LogP contribution < -0.4 is 5.56 Å². The molecule has 0 radical (unpaired) electrons. The highest BCUT2D eigenvalue weighted by atomic mass is 19.1. The van der Waals surface area contributed by atoms with Gasteiger partial charge in [-0.2, -0.15) is 5.10 Å². The Morgan fingerprint density at radius 3 is 2.58 bits per heavy atom. The summed E-state index contributed by atoms with van der Waals surface area (Å²) in [5, 5.41) is 7.87. The highest BCUT2D eigenvalue weighted by Crippen LogP contribution is 2.19. The van der Waals surface area contributed by atoms with Crippen molar-refractivity contribution in [2.75, 3.05) is 14.1 Å². The van der Waals surface area contributed by atoms with Crippen molar-refractivity contribution in [2.45, 2.75) is 6.42 Å². The fourth-order valence-electron chi connectivity index (χ4n) is 2.59. The average Bonchev–Trinajstić information content (AvgIpc) is 2.58. The number of nitrogens with one attached hydrogen (secondary N) is 1. The molecule has 0 bridgehead atoms. The van der Waals surface area contributed by atoms with E-state index in [0.29, 0.717) is 17.5 Å². The van der Waals surface area contributed by atoms with Gasteiger partial charge in [-0.1, -0.05) is 24.3 Å². The maximum atomic E-state index is 13.9. The number of benzene rings is 2. The number of carbonyl (C=O) groups is 1. The van der Waals surface area contributed by atoms with Gasteiger partial charge in [-0.15, -0.1) is 0 Å². The lowest BCUT2D eigenvalue weighted by molar-refractivity contribution is 0.0823. The Hall–Kier alpha value is -3.02. The molecule has 24 heavy (non-hydrogen) atoms. The number of aromatic nitrogens is 2. The minimum atomic E-state index is -0.559. The van der Waals surface area contributed by atoms with Gasteiger partial charge in [0.25, 0.3) is 11.5 Å². The first-order valence-corrected chi connectivity index (χ1v) is 7.43. The van der Waals surface area contributed by atoms with Crippen LogP contribution in [-0.2, 0) is 6.42 Å². The molecule has 0 saturated carbocycles. The van der Waals surface area contributed by atoms with Gasteiger partial charge in [-0.3, -0.25) is 9.59 Å². The molecule has 3 aromatic rings. The number of carbonyl (C=O) groups excluding carboxylic acids is 1. The topological polar surface area (TPSA) is 66.1 Å². The van der Waals surface area contributed by atoms with E-state index < -0.39 is 11.7 Å². The minimum Gasteiger partial charge on any atom is -0.345 e. The fourth-order valence-corrected chi connectivity index (χ4v) is 2.59. The molecule has 0 unspecified atom stereocenters. The Kier molecular flexibility index (Phi) is 4.12. The molecule has 0 atom stereocenters. The number of halogens is 1. The lowest BCUT2D eigenvalue weighted by atomic mass is 10.0. The van der Waals surface area contributed by atoms with Gasteiger partial charge < -0.3 is 4.90 Å². The number of H-pyrrole nitrogens is 1. The summed E-state index contributed by atoms with van der Waals surface area (Å²) in [6, 6.07) is 11.6. The first kappa shape index (κ1) is 15.9. The summed E-state index contributed by atoms with van der Waals surface area (Å²) in [6.45, 7) is 0. The van der Waals surface area contributed by atoms with Crippen molar-refractivity contribution >= 4 is 16.7 Å². The summed E-state index contributed by atoms with van der Waals surface area (Å²) in [6.07, 6.45) is 0.380. The second-order valence-corrected chi connectivity index (χ2v) is 5.74. The number of rotatable bonds is 3. The number of hydrogen-bond acceptors (Lipinski definition) is 3. The van der Waals surface area contributed by atoms with E-state index in [9.17, 15) is 14.0 Å². The Morgan fingerprint density at radius 1 is 1.17 bits per heavy atom. The molecule has 0 spiro atoms. The third kappa shape index (κ3) is 2.90. The van der Waals surface area contributed by atoms with Gasteiger partial charge in [0, 0.05) is 25.9 Å². The smallest absolute Gasteiger partial charge is 0.272 e. The van der Waals surface area contributed by atoms with E-state index >= 15 is 0 Å². The van der Waals surface area contributed by atoms with Crippen LogP contribution in [0.2, 0.25) is 0 Å². The molecule has 1 amide bonds. The van der Waals surface area contributed by atoms with Crippen LogP contribution in [0.25, 0.3) is 10.8 Å². The van der Waals surface area contributed by atoms with Crippen LogP contribution in [0.1, 0.15) is 21.6 Å². The highest BCUT2D eigenvalue weighted by Gasteiger charge is 2.15. The quantitative estimate of drug-likeness (QED) is 0.804. The van der Waals surface area contributed by atoms with Gasteiger partial charge in [0.1, 0.15) is 5.82 Å². The van der Waals surface area contributed by atoms with E-state index in [0.717, 1.165) is 10.9 Å². The summed E-state index contributed by atoms with van der Waals surface area (Å²) in [5.41, 5.74) is 1.18. The van der Waals surface area contributed by atoms with Gasteiger partial charge in [0.2, 0.25) is 0 Å². The molecule has 1 heterocycles. The number of nitrogens with zero attached hydrogens (tertiary/aromatic N) is 2. The van der Waals surface area contributed by atoms with Gasteiger partial charge in [-0.05, 0) is 23.8 Å². The summed E-state index contributed by atoms with van der Waals surface area (Å²) in [4.78, 5) is 25.2. The molecule has 3 rings (SSSR count). The molecule has 6 heteroatoms. The SMILES string of the molecule is CN(C)C(=O)c1cc(Cc2n[nH]c(=O)c3ccccc23)ccc1F. The molecule has 0 fully saturated rings. The third-order valence-corrected chi connectivity index (χ3v) is 3.81. The average molecular weight is 325 g/mol. The van der Waals surface area contributed by atoms with Crippen LogP contribution in [0, 0.1) is 5.82 Å². The maximum Gasteiger partial charge on any atom is 0.272 e. The molecule has 2 aromatic carbocycles. The second-order valence-electron chi connectivity index (χ2n) is 5.74. The first-order chi connectivity index (χ1) is 11.5. The lowest BCUT2D eigenvalue weighted by Crippen LogP contribution is -2.23. The van der Waals surface area contributed by atoms with E-state index in [-0.39, 0.29) is 11.1 Å². The van der Waals surface area contributed by atoms with Crippen molar-refractivity contribution in [1.29, 1.82) is 0 Å². The predicted octanol–water partition coefficient (Wildman–Crippen LogP) is 2.35. The Balaban J connectivity index is 2.04. The van der Waals surface area contributed by atoms with E-state index in [1.165, 1.54) is 17.0 Å². The number of hydrogen-bond donors (Lipinski definition) is 1. The summed E-state index contributed by atoms with van der Waals surface area (Å²) < 4.78 is 13.9. The highest BCUT2D eigenvalue weighted by molar-refractivity contribution is 5.94. The zero-order valence-corrected chi connectivity index (χ0v) is 13.3. The molecule has 1 N–H and O–H groups in total. The maximum absolute atomic E-state index is 13.9. The molecule has 122 valence electrons. The Bertz CT molecular complexity index is 979. The molecule has 0 aliphatic carbocycles. The van der Waals surface area contributed by atoms with E-state index in [4.69, 9.17) is 0 Å². The second kappa shape index (κ2) is 6.23. The molecule has 0 aliphatic heterocycles. The molecule has 1 aromatic heterocycles. The van der Waals surface area contributed by atoms with Gasteiger partial charge >= 0.3 is 0 Å². The van der Waals surface area contributed by atoms with Crippen LogP contribution >= 0.6 is 0 Å². The van der Waals surface area contributed by atoms with Crippen molar-refractivity contribution in [2.24, 2.45) is 0 Å². The minimum absolute atomic E-state index is 0.0197. The van der Waals surface area contributed by atoms with Crippen molar-refractivity contribution in [3.63, 3.8) is 0 Å². The lowest BCUT2D eigenvalue weighted by Gasteiger charge is -2.12. The standard InChI is InChI=1S/C18H16FN3O2/c1-22(2)18(24)14-9-11(7-8-15(14)19)10-16-12-5-3-4-6-13(12)17(23)21-20-16/h3-9H,10H2,1-2H3,(H,21,23). The van der Waals surface area contributed by atoms with Crippen LogP contribution in [0.5, 0.6) is 0 Å². The van der Waals surface area contributed by atoms with Crippen molar-refractivity contribution < 1.29 is 9.18 Å². The van der Waals surface area contributed by atoms with Crippen LogP contribution in [-0.4, -0.2) is 35.1 Å². The molecule has 5 nitrogen and oxygen atoms in total. The molecule has 0 aliphatic rings. The Morgan fingerprint density at radius 2 is 1.88 bits per heavy atom. The predicted molar refractivity (Wildman–Crippen MR) is 89.6 cm³/mol. The zero-order chi connectivity index (χ0) is 17.3. The summed E-state index contributed by atoms with van der Waals surface area (Å²) in [5.74, 6) is -0.953. The number of aromatic amines is 1. The monoisotopic (exact) mass is 325 g/mol. The first-order valence-electron chi connectivity index (χ1n) is 7.43. The van der Waals surface area contributed by atoms with E-state index in [1.54, 1.807) is 32.3 Å².